The third-order valence-corrected chi connectivity index (χ3v) is 6.09. The average molecular weight is 427 g/mol. The van der Waals surface area contributed by atoms with Crippen LogP contribution < -0.4 is 5.32 Å². The third-order valence-electron chi connectivity index (χ3n) is 6.09. The van der Waals surface area contributed by atoms with Crippen molar-refractivity contribution in [3.05, 3.63) is 89.8 Å². The van der Waals surface area contributed by atoms with Gasteiger partial charge >= 0.3 is 0 Å². The predicted octanol–water partition coefficient (Wildman–Crippen LogP) is 3.59. The van der Waals surface area contributed by atoms with E-state index in [1.165, 1.54) is 5.56 Å². The summed E-state index contributed by atoms with van der Waals surface area (Å²) in [5.74, 6) is 2.01. The summed E-state index contributed by atoms with van der Waals surface area (Å²) >= 11 is 0. The number of amides is 1. The number of aryl methyl sites for hydroxylation is 3. The van der Waals surface area contributed by atoms with E-state index in [0.29, 0.717) is 5.56 Å². The smallest absolute Gasteiger partial charge is 0.251 e. The van der Waals surface area contributed by atoms with Crippen molar-refractivity contribution in [2.24, 2.45) is 0 Å². The fourth-order valence-electron chi connectivity index (χ4n) is 4.30. The molecule has 2 N–H and O–H groups in total. The standard InChI is InChI=1S/C25H26N6O/c32-25(20-8-4-7-19(15-20)21-16-26-27-17-21)28-22-10-12-24-30-29-23(31(24)14-13-22)11-9-18-5-2-1-3-6-18/h1-8,15-17,22H,9-14H2,(H,26,27)(H,28,32). The van der Waals surface area contributed by atoms with Crippen molar-refractivity contribution in [3.8, 4) is 11.1 Å². The maximum Gasteiger partial charge on any atom is 0.251 e. The van der Waals surface area contributed by atoms with Crippen LogP contribution in [0, 0.1) is 0 Å². The van der Waals surface area contributed by atoms with Gasteiger partial charge in [-0.2, -0.15) is 5.10 Å². The Morgan fingerprint density at radius 3 is 2.78 bits per heavy atom. The van der Waals surface area contributed by atoms with Gasteiger partial charge in [0.15, 0.2) is 0 Å². The molecule has 32 heavy (non-hydrogen) atoms. The third kappa shape index (κ3) is 4.46. The first kappa shape index (κ1) is 20.2. The molecular formula is C25H26N6O. The number of hydrogen-bond donors (Lipinski definition) is 2. The molecule has 7 heteroatoms. The van der Waals surface area contributed by atoms with Crippen molar-refractivity contribution in [1.82, 2.24) is 30.3 Å². The Labute approximate surface area is 186 Å². The molecule has 0 bridgehead atoms. The summed E-state index contributed by atoms with van der Waals surface area (Å²) in [6.07, 6.45) is 7.96. The maximum absolute atomic E-state index is 12.9. The Hall–Kier alpha value is -3.74. The maximum atomic E-state index is 12.9. The van der Waals surface area contributed by atoms with Crippen LogP contribution in [0.5, 0.6) is 0 Å². The number of nitrogens with one attached hydrogen (secondary N) is 2. The first-order chi connectivity index (χ1) is 15.8. The lowest BCUT2D eigenvalue weighted by molar-refractivity contribution is 0.0933. The van der Waals surface area contributed by atoms with E-state index in [0.717, 1.165) is 61.4 Å². The Morgan fingerprint density at radius 2 is 1.94 bits per heavy atom. The summed E-state index contributed by atoms with van der Waals surface area (Å²) in [7, 11) is 0. The van der Waals surface area contributed by atoms with Crippen molar-refractivity contribution in [3.63, 3.8) is 0 Å². The quantitative estimate of drug-likeness (QED) is 0.493. The van der Waals surface area contributed by atoms with E-state index in [2.05, 4.69) is 54.5 Å². The molecule has 0 saturated heterocycles. The first-order valence-electron chi connectivity index (χ1n) is 11.1. The molecule has 0 radical (unpaired) electrons. The van der Waals surface area contributed by atoms with Gasteiger partial charge in [0.2, 0.25) is 0 Å². The molecule has 1 aliphatic heterocycles. The highest BCUT2D eigenvalue weighted by Crippen LogP contribution is 2.20. The molecule has 5 rings (SSSR count). The number of aromatic amines is 1. The van der Waals surface area contributed by atoms with Crippen LogP contribution in [0.4, 0.5) is 0 Å². The second-order valence-corrected chi connectivity index (χ2v) is 8.24. The summed E-state index contributed by atoms with van der Waals surface area (Å²) in [5.41, 5.74) is 3.91. The lowest BCUT2D eigenvalue weighted by Crippen LogP contribution is -2.35. The van der Waals surface area contributed by atoms with Gasteiger partial charge in [-0.1, -0.05) is 42.5 Å². The highest BCUT2D eigenvalue weighted by molar-refractivity contribution is 5.95. The minimum Gasteiger partial charge on any atom is -0.349 e. The zero-order valence-electron chi connectivity index (χ0n) is 17.9. The second-order valence-electron chi connectivity index (χ2n) is 8.24. The van der Waals surface area contributed by atoms with Gasteiger partial charge in [0, 0.05) is 42.8 Å². The van der Waals surface area contributed by atoms with Gasteiger partial charge in [0.25, 0.3) is 5.91 Å². The van der Waals surface area contributed by atoms with Gasteiger partial charge in [0.05, 0.1) is 6.20 Å². The summed E-state index contributed by atoms with van der Waals surface area (Å²) in [6, 6.07) is 18.2. The van der Waals surface area contributed by atoms with Crippen molar-refractivity contribution in [2.75, 3.05) is 0 Å². The van der Waals surface area contributed by atoms with Crippen LogP contribution in [0.25, 0.3) is 11.1 Å². The number of hydrogen-bond acceptors (Lipinski definition) is 4. The van der Waals surface area contributed by atoms with E-state index in [4.69, 9.17) is 0 Å². The second kappa shape index (κ2) is 9.18. The lowest BCUT2D eigenvalue weighted by Gasteiger charge is -2.16. The largest absolute Gasteiger partial charge is 0.349 e. The normalized spacial score (nSPS) is 15.7. The van der Waals surface area contributed by atoms with Crippen molar-refractivity contribution >= 4 is 5.91 Å². The van der Waals surface area contributed by atoms with Gasteiger partial charge in [-0.15, -0.1) is 10.2 Å². The minimum absolute atomic E-state index is 0.0395. The Kier molecular flexibility index (Phi) is 5.79. The van der Waals surface area contributed by atoms with Crippen molar-refractivity contribution in [1.29, 1.82) is 0 Å². The number of carbonyl (C=O) groups is 1. The molecule has 4 aromatic rings. The number of aromatic nitrogens is 5. The molecule has 0 fully saturated rings. The molecule has 1 amide bonds. The molecular weight excluding hydrogens is 400 g/mol. The molecule has 162 valence electrons. The van der Waals surface area contributed by atoms with Crippen LogP contribution >= 0.6 is 0 Å². The Morgan fingerprint density at radius 1 is 1.03 bits per heavy atom. The van der Waals surface area contributed by atoms with Crippen LogP contribution in [-0.4, -0.2) is 36.9 Å². The molecule has 1 aliphatic rings. The summed E-state index contributed by atoms with van der Waals surface area (Å²) in [4.78, 5) is 12.9. The number of fused-ring (bicyclic) bond motifs is 1. The van der Waals surface area contributed by atoms with Crippen LogP contribution in [0.1, 0.15) is 40.4 Å². The minimum atomic E-state index is -0.0395. The molecule has 2 aromatic carbocycles. The van der Waals surface area contributed by atoms with Crippen molar-refractivity contribution in [2.45, 2.75) is 44.7 Å². The summed E-state index contributed by atoms with van der Waals surface area (Å²) in [5, 5.41) is 18.9. The number of nitrogens with zero attached hydrogens (tertiary/aromatic N) is 4. The summed E-state index contributed by atoms with van der Waals surface area (Å²) < 4.78 is 2.24. The fraction of sp³-hybridized carbons (Fsp3) is 0.280. The topological polar surface area (TPSA) is 88.5 Å². The van der Waals surface area contributed by atoms with E-state index in [1.807, 2.05) is 36.5 Å². The number of H-pyrrole nitrogens is 1. The van der Waals surface area contributed by atoms with E-state index in [9.17, 15) is 4.79 Å². The number of carbonyl (C=O) groups excluding carboxylic acids is 1. The summed E-state index contributed by atoms with van der Waals surface area (Å²) in [6.45, 7) is 0.826. The molecule has 1 unspecified atom stereocenters. The molecule has 0 spiro atoms. The predicted molar refractivity (Wildman–Crippen MR) is 122 cm³/mol. The van der Waals surface area contributed by atoms with E-state index >= 15 is 0 Å². The monoisotopic (exact) mass is 426 g/mol. The van der Waals surface area contributed by atoms with E-state index in [-0.39, 0.29) is 11.9 Å². The van der Waals surface area contributed by atoms with Crippen LogP contribution in [0.2, 0.25) is 0 Å². The highest BCUT2D eigenvalue weighted by atomic mass is 16.1. The molecule has 0 saturated carbocycles. The van der Waals surface area contributed by atoms with Crippen LogP contribution in [0.3, 0.4) is 0 Å². The Balaban J connectivity index is 1.21. The van der Waals surface area contributed by atoms with Crippen LogP contribution in [-0.2, 0) is 25.8 Å². The van der Waals surface area contributed by atoms with Gasteiger partial charge in [-0.3, -0.25) is 9.89 Å². The van der Waals surface area contributed by atoms with E-state index in [1.54, 1.807) is 6.20 Å². The molecule has 0 aliphatic carbocycles. The van der Waals surface area contributed by atoms with Gasteiger partial charge in [-0.25, -0.2) is 0 Å². The van der Waals surface area contributed by atoms with Crippen LogP contribution in [0.15, 0.2) is 67.0 Å². The lowest BCUT2D eigenvalue weighted by atomic mass is 10.0. The molecule has 1 atom stereocenters. The first-order valence-corrected chi connectivity index (χ1v) is 11.1. The highest BCUT2D eigenvalue weighted by Gasteiger charge is 2.22. The Bertz CT molecular complexity index is 1180. The van der Waals surface area contributed by atoms with Gasteiger partial charge in [0.1, 0.15) is 11.6 Å². The van der Waals surface area contributed by atoms with Crippen molar-refractivity contribution < 1.29 is 4.79 Å². The van der Waals surface area contributed by atoms with Gasteiger partial charge in [-0.05, 0) is 42.5 Å². The fourth-order valence-corrected chi connectivity index (χ4v) is 4.30. The number of rotatable bonds is 6. The molecule has 2 aromatic heterocycles. The SMILES string of the molecule is O=C(NC1CCc2nnc(CCc3ccccc3)n2CC1)c1cccc(-c2cn[nH]c2)c1. The zero-order chi connectivity index (χ0) is 21.8. The number of benzene rings is 2. The molecule has 3 heterocycles. The zero-order valence-corrected chi connectivity index (χ0v) is 17.9. The average Bonchev–Trinajstić information content (AvgIpc) is 3.46. The van der Waals surface area contributed by atoms with Gasteiger partial charge < -0.3 is 9.88 Å². The van der Waals surface area contributed by atoms with E-state index < -0.39 is 0 Å². The molecule has 7 nitrogen and oxygen atoms in total.